The normalized spacial score (nSPS) is 11.2. The van der Waals surface area contributed by atoms with Crippen LogP contribution in [0.2, 0.25) is 0 Å². The highest BCUT2D eigenvalue weighted by atomic mass is 32.2. The molecule has 0 radical (unpaired) electrons. The van der Waals surface area contributed by atoms with Crippen molar-refractivity contribution in [3.8, 4) is 5.75 Å². The number of aromatic nitrogens is 5. The Labute approximate surface area is 213 Å². The van der Waals surface area contributed by atoms with E-state index in [2.05, 4.69) is 50.9 Å². The van der Waals surface area contributed by atoms with Crippen molar-refractivity contribution in [3.63, 3.8) is 0 Å². The Kier molecular flexibility index (Phi) is 7.13. The zero-order valence-electron chi connectivity index (χ0n) is 20.3. The quantitative estimate of drug-likeness (QED) is 0.265. The van der Waals surface area contributed by atoms with E-state index in [0.29, 0.717) is 30.2 Å². The summed E-state index contributed by atoms with van der Waals surface area (Å²) in [5, 5.41) is 9.64. The van der Waals surface area contributed by atoms with Crippen LogP contribution in [0.5, 0.6) is 5.75 Å². The van der Waals surface area contributed by atoms with Crippen LogP contribution in [-0.4, -0.2) is 24.1 Å². The van der Waals surface area contributed by atoms with Gasteiger partial charge in [-0.25, -0.2) is 4.98 Å². The van der Waals surface area contributed by atoms with E-state index in [1.165, 1.54) is 17.3 Å². The Morgan fingerprint density at radius 2 is 1.75 bits per heavy atom. The summed E-state index contributed by atoms with van der Waals surface area (Å²) in [5.74, 6) is 2.04. The number of hydrogen-bond donors (Lipinski definition) is 0. The Balaban J connectivity index is 1.38. The summed E-state index contributed by atoms with van der Waals surface area (Å²) in [6.45, 7) is 5.05. The number of aryl methyl sites for hydroxylation is 2. The maximum Gasteiger partial charge on any atom is 0.258 e. The Morgan fingerprint density at radius 1 is 0.944 bits per heavy atom. The highest BCUT2D eigenvalue weighted by molar-refractivity contribution is 7.98. The molecule has 8 heteroatoms. The number of benzene rings is 2. The van der Waals surface area contributed by atoms with Gasteiger partial charge in [-0.3, -0.25) is 13.8 Å². The van der Waals surface area contributed by atoms with Crippen molar-refractivity contribution in [2.75, 3.05) is 0 Å². The minimum absolute atomic E-state index is 0.0930. The fourth-order valence-electron chi connectivity index (χ4n) is 3.89. The lowest BCUT2D eigenvalue weighted by Crippen LogP contribution is -2.15. The number of nitrogens with zero attached hydrogens (tertiary/aromatic N) is 5. The van der Waals surface area contributed by atoms with Crippen molar-refractivity contribution in [2.45, 2.75) is 44.3 Å². The zero-order valence-corrected chi connectivity index (χ0v) is 21.1. The Morgan fingerprint density at radius 3 is 2.53 bits per heavy atom. The average molecular weight is 498 g/mol. The van der Waals surface area contributed by atoms with Gasteiger partial charge in [0.1, 0.15) is 18.0 Å². The molecule has 182 valence electrons. The van der Waals surface area contributed by atoms with Gasteiger partial charge in [0.05, 0.1) is 12.2 Å². The second-order valence-corrected chi connectivity index (χ2v) is 9.51. The first-order valence-corrected chi connectivity index (χ1v) is 12.9. The molecule has 5 rings (SSSR count). The van der Waals surface area contributed by atoms with E-state index in [1.807, 2.05) is 49.4 Å². The van der Waals surface area contributed by atoms with E-state index >= 15 is 0 Å². The van der Waals surface area contributed by atoms with Crippen LogP contribution < -0.4 is 10.3 Å². The number of fused-ring (bicyclic) bond motifs is 1. The molecule has 0 aliphatic heterocycles. The summed E-state index contributed by atoms with van der Waals surface area (Å²) in [7, 11) is 0. The molecule has 0 saturated carbocycles. The van der Waals surface area contributed by atoms with Crippen molar-refractivity contribution in [1.29, 1.82) is 0 Å². The van der Waals surface area contributed by atoms with Crippen molar-refractivity contribution in [2.24, 2.45) is 0 Å². The lowest BCUT2D eigenvalue weighted by atomic mass is 10.2. The first-order valence-electron chi connectivity index (χ1n) is 11.9. The molecule has 0 aliphatic carbocycles. The number of pyridine rings is 1. The molecule has 2 aromatic carbocycles. The Bertz CT molecular complexity index is 1530. The van der Waals surface area contributed by atoms with E-state index in [0.717, 1.165) is 34.3 Å². The molecule has 3 aromatic heterocycles. The molecule has 3 heterocycles. The van der Waals surface area contributed by atoms with Gasteiger partial charge >= 0.3 is 0 Å². The van der Waals surface area contributed by atoms with E-state index in [1.54, 1.807) is 16.7 Å². The fourth-order valence-corrected chi connectivity index (χ4v) is 4.74. The molecule has 0 bridgehead atoms. The van der Waals surface area contributed by atoms with Crippen molar-refractivity contribution < 1.29 is 4.74 Å². The highest BCUT2D eigenvalue weighted by Crippen LogP contribution is 2.23. The standard InChI is InChI=1S/C28H27N5O2S/c1-3-21-9-11-24(12-10-21)35-18-26-30-31-28(33(26)17-22-7-5-4-6-8-22)36-19-23-16-27(34)32-14-13-20(2)15-25(32)29-23/h4-16H,3,17-19H2,1-2H3. The monoisotopic (exact) mass is 497 g/mol. The lowest BCUT2D eigenvalue weighted by Gasteiger charge is -2.12. The minimum Gasteiger partial charge on any atom is -0.486 e. The van der Waals surface area contributed by atoms with Crippen molar-refractivity contribution in [1.82, 2.24) is 24.1 Å². The largest absolute Gasteiger partial charge is 0.486 e. The molecule has 0 saturated heterocycles. The van der Waals surface area contributed by atoms with E-state index in [-0.39, 0.29) is 5.56 Å². The molecular weight excluding hydrogens is 470 g/mol. The van der Waals surface area contributed by atoms with Gasteiger partial charge < -0.3 is 4.74 Å². The van der Waals surface area contributed by atoms with E-state index in [4.69, 9.17) is 4.74 Å². The summed E-state index contributed by atoms with van der Waals surface area (Å²) < 4.78 is 9.66. The zero-order chi connectivity index (χ0) is 24.9. The minimum atomic E-state index is -0.0930. The van der Waals surface area contributed by atoms with Gasteiger partial charge in [-0.05, 0) is 54.3 Å². The number of hydrogen-bond acceptors (Lipinski definition) is 6. The second-order valence-electron chi connectivity index (χ2n) is 8.56. The molecule has 0 N–H and O–H groups in total. The van der Waals surface area contributed by atoms with Crippen LogP contribution in [-0.2, 0) is 25.3 Å². The van der Waals surface area contributed by atoms with Gasteiger partial charge in [0.15, 0.2) is 11.0 Å². The highest BCUT2D eigenvalue weighted by Gasteiger charge is 2.15. The SMILES string of the molecule is CCc1ccc(OCc2nnc(SCc3cc(=O)n4ccc(C)cc4n3)n2Cc2ccccc2)cc1. The first kappa shape index (κ1) is 23.8. The van der Waals surface area contributed by atoms with Gasteiger partial charge in [-0.15, -0.1) is 10.2 Å². The molecule has 36 heavy (non-hydrogen) atoms. The molecule has 5 aromatic rings. The summed E-state index contributed by atoms with van der Waals surface area (Å²) in [6, 6.07) is 23.7. The lowest BCUT2D eigenvalue weighted by molar-refractivity contribution is 0.289. The van der Waals surface area contributed by atoms with Crippen LogP contribution >= 0.6 is 11.8 Å². The predicted octanol–water partition coefficient (Wildman–Crippen LogP) is 5.08. The maximum atomic E-state index is 12.6. The Hall–Kier alpha value is -3.91. The van der Waals surface area contributed by atoms with Gasteiger partial charge in [0, 0.05) is 18.0 Å². The van der Waals surface area contributed by atoms with Gasteiger partial charge in [0.25, 0.3) is 5.56 Å². The van der Waals surface area contributed by atoms with Crippen LogP contribution in [0.4, 0.5) is 0 Å². The molecular formula is C28H27N5O2S. The maximum absolute atomic E-state index is 12.6. The molecule has 0 spiro atoms. The predicted molar refractivity (Wildman–Crippen MR) is 141 cm³/mol. The number of thioether (sulfide) groups is 1. The smallest absolute Gasteiger partial charge is 0.258 e. The molecule has 0 amide bonds. The van der Waals surface area contributed by atoms with Crippen LogP contribution in [0.25, 0.3) is 5.65 Å². The molecule has 7 nitrogen and oxygen atoms in total. The molecule has 0 fully saturated rings. The van der Waals surface area contributed by atoms with E-state index in [9.17, 15) is 4.79 Å². The fraction of sp³-hybridized carbons (Fsp3) is 0.214. The van der Waals surface area contributed by atoms with Gasteiger partial charge in [-0.2, -0.15) is 0 Å². The topological polar surface area (TPSA) is 74.3 Å². The second kappa shape index (κ2) is 10.8. The first-order chi connectivity index (χ1) is 17.6. The third kappa shape index (κ3) is 5.49. The number of rotatable bonds is 9. The van der Waals surface area contributed by atoms with Gasteiger partial charge in [0.2, 0.25) is 0 Å². The number of ether oxygens (including phenoxy) is 1. The third-order valence-corrected chi connectivity index (χ3v) is 6.90. The summed E-state index contributed by atoms with van der Waals surface area (Å²) in [6.07, 6.45) is 2.75. The van der Waals surface area contributed by atoms with Gasteiger partial charge in [-0.1, -0.05) is 61.2 Å². The molecule has 0 atom stereocenters. The average Bonchev–Trinajstić information content (AvgIpc) is 3.28. The summed E-state index contributed by atoms with van der Waals surface area (Å²) >= 11 is 1.51. The molecule has 0 unspecified atom stereocenters. The third-order valence-electron chi connectivity index (χ3n) is 5.90. The summed E-state index contributed by atoms with van der Waals surface area (Å²) in [4.78, 5) is 17.2. The molecule has 0 aliphatic rings. The summed E-state index contributed by atoms with van der Waals surface area (Å²) in [5.41, 5.74) is 4.73. The van der Waals surface area contributed by atoms with Crippen molar-refractivity contribution >= 4 is 17.4 Å². The van der Waals surface area contributed by atoms with Crippen LogP contribution in [0.1, 0.15) is 35.1 Å². The van der Waals surface area contributed by atoms with Crippen LogP contribution in [0, 0.1) is 6.92 Å². The van der Waals surface area contributed by atoms with Crippen LogP contribution in [0.3, 0.4) is 0 Å². The van der Waals surface area contributed by atoms with E-state index < -0.39 is 0 Å². The van der Waals surface area contributed by atoms with Crippen LogP contribution in [0.15, 0.2) is 88.9 Å². The van der Waals surface area contributed by atoms with Crippen molar-refractivity contribution in [3.05, 3.63) is 118 Å².